The number of pyridine rings is 1. The SMILES string of the molecule is CCN1CCN(Cc2ccc(Nc3nc4cc(Oc5ccnc(NC(C)=O)c5)cc5c4n3CCC5)cc2C(F)(F)F)CC1. The topological polar surface area (TPSA) is 87.6 Å². The molecule has 0 saturated carbocycles. The molecule has 43 heavy (non-hydrogen) atoms. The van der Waals surface area contributed by atoms with Gasteiger partial charge in [-0.1, -0.05) is 13.0 Å². The molecule has 4 aromatic rings. The first-order valence-corrected chi connectivity index (χ1v) is 14.5. The van der Waals surface area contributed by atoms with E-state index in [-0.39, 0.29) is 18.0 Å². The normalized spacial score (nSPS) is 15.9. The number of nitrogens with zero attached hydrogens (tertiary/aromatic N) is 5. The summed E-state index contributed by atoms with van der Waals surface area (Å²) in [5.74, 6) is 1.71. The second-order valence-electron chi connectivity index (χ2n) is 11.0. The van der Waals surface area contributed by atoms with Gasteiger partial charge in [0.1, 0.15) is 17.3 Å². The van der Waals surface area contributed by atoms with E-state index in [9.17, 15) is 18.0 Å². The minimum absolute atomic E-state index is 0.233. The van der Waals surface area contributed by atoms with Crippen LogP contribution in [0.5, 0.6) is 11.5 Å². The molecule has 0 unspecified atom stereocenters. The fourth-order valence-corrected chi connectivity index (χ4v) is 5.87. The van der Waals surface area contributed by atoms with E-state index < -0.39 is 11.7 Å². The smallest absolute Gasteiger partial charge is 0.416 e. The number of likely N-dealkylation sites (N-methyl/N-ethyl adjacent to an activating group) is 1. The van der Waals surface area contributed by atoms with E-state index in [2.05, 4.69) is 32.3 Å². The number of amides is 1. The van der Waals surface area contributed by atoms with E-state index in [1.165, 1.54) is 13.0 Å². The maximum Gasteiger partial charge on any atom is 0.416 e. The minimum Gasteiger partial charge on any atom is -0.457 e. The van der Waals surface area contributed by atoms with Crippen LogP contribution in [0.3, 0.4) is 0 Å². The van der Waals surface area contributed by atoms with Gasteiger partial charge in [0.2, 0.25) is 11.9 Å². The number of carbonyl (C=O) groups excluding carboxylic acids is 1. The molecule has 0 spiro atoms. The lowest BCUT2D eigenvalue weighted by Gasteiger charge is -2.34. The quantitative estimate of drug-likeness (QED) is 0.258. The van der Waals surface area contributed by atoms with Crippen LogP contribution < -0.4 is 15.4 Å². The Hall–Kier alpha value is -4.16. The zero-order chi connectivity index (χ0) is 30.1. The number of benzene rings is 2. The number of nitrogens with one attached hydrogen (secondary N) is 2. The first-order valence-electron chi connectivity index (χ1n) is 14.5. The third kappa shape index (κ3) is 6.45. The summed E-state index contributed by atoms with van der Waals surface area (Å²) in [6, 6.07) is 11.6. The van der Waals surface area contributed by atoms with Crippen LogP contribution in [0.1, 0.15) is 37.0 Å². The molecule has 1 amide bonds. The van der Waals surface area contributed by atoms with Gasteiger partial charge in [-0.05, 0) is 54.8 Å². The number of alkyl halides is 3. The van der Waals surface area contributed by atoms with Gasteiger partial charge < -0.3 is 24.8 Å². The lowest BCUT2D eigenvalue weighted by Crippen LogP contribution is -2.45. The number of rotatable bonds is 8. The Morgan fingerprint density at radius 1 is 1.00 bits per heavy atom. The van der Waals surface area contributed by atoms with Crippen molar-refractivity contribution in [3.63, 3.8) is 0 Å². The van der Waals surface area contributed by atoms with Crippen LogP contribution in [0.4, 0.5) is 30.6 Å². The Balaban J connectivity index is 1.26. The van der Waals surface area contributed by atoms with Crippen molar-refractivity contribution in [2.75, 3.05) is 43.4 Å². The highest BCUT2D eigenvalue weighted by Gasteiger charge is 2.34. The number of anilines is 3. The number of piperazine rings is 1. The maximum atomic E-state index is 14.2. The number of hydrogen-bond donors (Lipinski definition) is 2. The van der Waals surface area contributed by atoms with E-state index in [4.69, 9.17) is 9.72 Å². The molecule has 0 aliphatic carbocycles. The van der Waals surface area contributed by atoms with E-state index in [1.807, 2.05) is 16.7 Å². The van der Waals surface area contributed by atoms with E-state index >= 15 is 0 Å². The summed E-state index contributed by atoms with van der Waals surface area (Å²) in [4.78, 5) is 24.7. The average molecular weight is 594 g/mol. The van der Waals surface area contributed by atoms with Gasteiger partial charge in [-0.25, -0.2) is 9.97 Å². The predicted molar refractivity (Wildman–Crippen MR) is 159 cm³/mol. The summed E-state index contributed by atoms with van der Waals surface area (Å²) in [5.41, 5.74) is 2.66. The molecule has 9 nitrogen and oxygen atoms in total. The zero-order valence-electron chi connectivity index (χ0n) is 24.2. The van der Waals surface area contributed by atoms with E-state index in [1.54, 1.807) is 30.5 Å². The standard InChI is InChI=1S/C31H34F3N7O2/c1-3-39-11-13-40(14-12-39)19-22-6-7-23(16-26(22)31(32,33)34)37-30-38-27-17-25(15-21-5-4-10-41(30)29(21)27)43-24-8-9-35-28(18-24)36-20(2)42/h6-9,15-18H,3-5,10-14,19H2,1-2H3,(H,37,38)(H,35,36,42). The Labute approximate surface area is 247 Å². The highest BCUT2D eigenvalue weighted by atomic mass is 19.4. The summed E-state index contributed by atoms with van der Waals surface area (Å²) in [6.45, 7) is 8.65. The lowest BCUT2D eigenvalue weighted by molar-refractivity contribution is -0.138. The molecule has 0 atom stereocenters. The second-order valence-corrected chi connectivity index (χ2v) is 11.0. The van der Waals surface area contributed by atoms with Crippen molar-refractivity contribution in [1.29, 1.82) is 0 Å². The van der Waals surface area contributed by atoms with Crippen molar-refractivity contribution < 1.29 is 22.7 Å². The highest BCUT2D eigenvalue weighted by molar-refractivity contribution is 5.88. The molecule has 2 N–H and O–H groups in total. The molecular formula is C31H34F3N7O2. The molecule has 12 heteroatoms. The Bertz CT molecular complexity index is 1640. The van der Waals surface area contributed by atoms with Gasteiger partial charge >= 0.3 is 6.18 Å². The van der Waals surface area contributed by atoms with Crippen LogP contribution in [0, 0.1) is 0 Å². The van der Waals surface area contributed by atoms with Crippen molar-refractivity contribution in [1.82, 2.24) is 24.3 Å². The Kier molecular flexibility index (Phi) is 7.97. The molecule has 1 fully saturated rings. The molecule has 1 saturated heterocycles. The van der Waals surface area contributed by atoms with Gasteiger partial charge in [0.15, 0.2) is 0 Å². The van der Waals surface area contributed by atoms with Gasteiger partial charge in [-0.15, -0.1) is 0 Å². The van der Waals surface area contributed by atoms with Gasteiger partial charge in [0.05, 0.1) is 16.6 Å². The Morgan fingerprint density at radius 3 is 2.53 bits per heavy atom. The monoisotopic (exact) mass is 593 g/mol. The van der Waals surface area contributed by atoms with Crippen molar-refractivity contribution in [3.05, 3.63) is 65.4 Å². The van der Waals surface area contributed by atoms with Crippen LogP contribution in [0.2, 0.25) is 0 Å². The van der Waals surface area contributed by atoms with Crippen LogP contribution in [0.25, 0.3) is 11.0 Å². The third-order valence-electron chi connectivity index (χ3n) is 7.97. The number of hydrogen-bond acceptors (Lipinski definition) is 7. The number of aromatic nitrogens is 3. The average Bonchev–Trinajstić information content (AvgIpc) is 3.31. The van der Waals surface area contributed by atoms with Gasteiger partial charge in [-0.2, -0.15) is 13.2 Å². The fourth-order valence-electron chi connectivity index (χ4n) is 5.87. The second kappa shape index (κ2) is 11.8. The zero-order valence-corrected chi connectivity index (χ0v) is 24.2. The van der Waals surface area contributed by atoms with Gasteiger partial charge in [-0.3, -0.25) is 9.69 Å². The van der Waals surface area contributed by atoms with Crippen molar-refractivity contribution in [2.45, 2.75) is 46.0 Å². The molecule has 0 radical (unpaired) electrons. The Morgan fingerprint density at radius 2 is 1.79 bits per heavy atom. The highest BCUT2D eigenvalue weighted by Crippen LogP contribution is 2.38. The summed E-state index contributed by atoms with van der Waals surface area (Å²) in [6.07, 6.45) is -1.24. The molecule has 0 bridgehead atoms. The van der Waals surface area contributed by atoms with E-state index in [0.717, 1.165) is 56.6 Å². The summed E-state index contributed by atoms with van der Waals surface area (Å²) in [7, 11) is 0. The molecule has 6 rings (SSSR count). The van der Waals surface area contributed by atoms with Crippen molar-refractivity contribution in [3.8, 4) is 11.5 Å². The maximum absolute atomic E-state index is 14.2. The van der Waals surface area contributed by atoms with Crippen LogP contribution in [-0.2, 0) is 30.5 Å². The largest absolute Gasteiger partial charge is 0.457 e. The van der Waals surface area contributed by atoms with Gasteiger partial charge in [0.25, 0.3) is 0 Å². The van der Waals surface area contributed by atoms with Crippen LogP contribution >= 0.6 is 0 Å². The van der Waals surface area contributed by atoms with Crippen LogP contribution in [-0.4, -0.2) is 63.0 Å². The summed E-state index contributed by atoms with van der Waals surface area (Å²) >= 11 is 0. The molecule has 226 valence electrons. The first-order chi connectivity index (χ1) is 20.7. The summed E-state index contributed by atoms with van der Waals surface area (Å²) in [5, 5.41) is 5.81. The van der Waals surface area contributed by atoms with Gasteiger partial charge in [0, 0.05) is 70.2 Å². The molecular weight excluding hydrogens is 559 g/mol. The number of ether oxygens (including phenoxy) is 1. The molecule has 2 aliphatic rings. The number of halogens is 3. The molecule has 2 aromatic carbocycles. The number of carbonyl (C=O) groups is 1. The number of imidazole rings is 1. The first kappa shape index (κ1) is 28.9. The van der Waals surface area contributed by atoms with Crippen molar-refractivity contribution >= 4 is 34.4 Å². The van der Waals surface area contributed by atoms with Crippen LogP contribution in [0.15, 0.2) is 48.7 Å². The van der Waals surface area contributed by atoms with E-state index in [0.29, 0.717) is 41.0 Å². The van der Waals surface area contributed by atoms with Crippen molar-refractivity contribution in [2.24, 2.45) is 0 Å². The third-order valence-corrected chi connectivity index (χ3v) is 7.97. The minimum atomic E-state index is -4.48. The predicted octanol–water partition coefficient (Wildman–Crippen LogP) is 6.03. The number of aryl methyl sites for hydroxylation is 2. The lowest BCUT2D eigenvalue weighted by atomic mass is 10.0. The molecule has 4 heterocycles. The molecule has 2 aromatic heterocycles. The fraction of sp³-hybridized carbons (Fsp3) is 0.387. The molecule has 2 aliphatic heterocycles. The summed E-state index contributed by atoms with van der Waals surface area (Å²) < 4.78 is 50.7.